The van der Waals surface area contributed by atoms with Crippen LogP contribution >= 0.6 is 51.2 Å². The van der Waals surface area contributed by atoms with Crippen LogP contribution in [0, 0.1) is 0 Å². The molecule has 0 saturated carbocycles. The van der Waals surface area contributed by atoms with Gasteiger partial charge in [-0.05, 0) is 52.0 Å². The third-order valence-corrected chi connectivity index (χ3v) is 4.73. The van der Waals surface area contributed by atoms with Gasteiger partial charge in [-0.3, -0.25) is 0 Å². The Labute approximate surface area is 171 Å². The minimum absolute atomic E-state index is 0. The summed E-state index contributed by atoms with van der Waals surface area (Å²) in [4.78, 5) is 5.91. The van der Waals surface area contributed by atoms with Crippen molar-refractivity contribution < 1.29 is 9.47 Å². The van der Waals surface area contributed by atoms with Gasteiger partial charge in [0.1, 0.15) is 0 Å². The van der Waals surface area contributed by atoms with E-state index in [0.717, 1.165) is 40.6 Å². The van der Waals surface area contributed by atoms with E-state index in [1.807, 2.05) is 12.1 Å². The van der Waals surface area contributed by atoms with Crippen molar-refractivity contribution in [2.24, 2.45) is 4.99 Å². The van der Waals surface area contributed by atoms with E-state index in [-0.39, 0.29) is 30.8 Å². The Bertz CT molecular complexity index is 695. The second-order valence-corrected chi connectivity index (χ2v) is 6.83. The maximum absolute atomic E-state index is 5.44. The molecule has 24 heavy (non-hydrogen) atoms. The number of thiophene rings is 1. The van der Waals surface area contributed by atoms with Gasteiger partial charge in [-0.25, -0.2) is 4.99 Å². The van der Waals surface area contributed by atoms with Gasteiger partial charge in [0.25, 0.3) is 0 Å². The number of hydrogen-bond donors (Lipinski definition) is 2. The first kappa shape index (κ1) is 19.3. The van der Waals surface area contributed by atoms with Gasteiger partial charge in [-0.2, -0.15) is 0 Å². The van der Waals surface area contributed by atoms with Gasteiger partial charge in [0.15, 0.2) is 17.5 Å². The van der Waals surface area contributed by atoms with Crippen molar-refractivity contribution in [3.8, 4) is 11.5 Å². The van der Waals surface area contributed by atoms with Crippen LogP contribution in [0.5, 0.6) is 11.5 Å². The van der Waals surface area contributed by atoms with Gasteiger partial charge >= 0.3 is 0 Å². The fraction of sp³-hybridized carbons (Fsp3) is 0.312. The van der Waals surface area contributed by atoms with Crippen molar-refractivity contribution in [1.29, 1.82) is 0 Å². The second-order valence-electron chi connectivity index (χ2n) is 4.94. The van der Waals surface area contributed by atoms with Crippen molar-refractivity contribution in [2.45, 2.75) is 20.0 Å². The quantitative estimate of drug-likeness (QED) is 0.352. The van der Waals surface area contributed by atoms with Crippen LogP contribution in [0.15, 0.2) is 39.1 Å². The van der Waals surface area contributed by atoms with Gasteiger partial charge in [0.05, 0.1) is 17.6 Å². The molecule has 1 aromatic heterocycles. The molecule has 2 heterocycles. The summed E-state index contributed by atoms with van der Waals surface area (Å²) in [5, 5.41) is 8.67. The van der Waals surface area contributed by atoms with Crippen LogP contribution in [0.4, 0.5) is 0 Å². The number of benzene rings is 1. The van der Waals surface area contributed by atoms with E-state index in [9.17, 15) is 0 Å². The summed E-state index contributed by atoms with van der Waals surface area (Å²) in [7, 11) is 0. The van der Waals surface area contributed by atoms with Crippen molar-refractivity contribution in [1.82, 2.24) is 10.6 Å². The first-order valence-electron chi connectivity index (χ1n) is 7.39. The van der Waals surface area contributed by atoms with Crippen LogP contribution in [-0.4, -0.2) is 19.3 Å². The topological polar surface area (TPSA) is 54.9 Å². The lowest BCUT2D eigenvalue weighted by Gasteiger charge is -2.11. The molecule has 0 unspecified atom stereocenters. The Morgan fingerprint density at radius 1 is 1.33 bits per heavy atom. The predicted molar refractivity (Wildman–Crippen MR) is 112 cm³/mol. The van der Waals surface area contributed by atoms with Crippen LogP contribution in [-0.2, 0) is 13.1 Å². The molecule has 0 saturated heterocycles. The molecule has 3 rings (SSSR count). The van der Waals surface area contributed by atoms with E-state index in [0.29, 0.717) is 6.54 Å². The summed E-state index contributed by atoms with van der Waals surface area (Å²) in [5.41, 5.74) is 1.06. The maximum Gasteiger partial charge on any atom is 0.231 e. The first-order valence-corrected chi connectivity index (χ1v) is 9.06. The monoisotopic (exact) mass is 523 g/mol. The summed E-state index contributed by atoms with van der Waals surface area (Å²) in [6.45, 7) is 4.48. The number of guanidine groups is 1. The molecule has 1 aliphatic rings. The zero-order valence-corrected chi connectivity index (χ0v) is 17.9. The Kier molecular flexibility index (Phi) is 7.63. The molecule has 0 aliphatic carbocycles. The van der Waals surface area contributed by atoms with E-state index < -0.39 is 0 Å². The molecule has 8 heteroatoms. The highest BCUT2D eigenvalue weighted by molar-refractivity contribution is 14.0. The highest BCUT2D eigenvalue weighted by Gasteiger charge is 2.17. The fourth-order valence-corrected chi connectivity index (χ4v) is 3.46. The molecule has 1 aromatic carbocycles. The lowest BCUT2D eigenvalue weighted by atomic mass is 10.2. The van der Waals surface area contributed by atoms with Gasteiger partial charge in [0.2, 0.25) is 6.79 Å². The zero-order valence-electron chi connectivity index (χ0n) is 13.2. The molecule has 0 atom stereocenters. The van der Waals surface area contributed by atoms with E-state index in [2.05, 4.69) is 56.0 Å². The van der Waals surface area contributed by atoms with Crippen molar-refractivity contribution in [3.63, 3.8) is 0 Å². The molecule has 0 bridgehead atoms. The van der Waals surface area contributed by atoms with Gasteiger partial charge < -0.3 is 20.1 Å². The number of fused-ring (bicyclic) bond motifs is 1. The molecule has 0 spiro atoms. The molecule has 2 N–H and O–H groups in total. The summed E-state index contributed by atoms with van der Waals surface area (Å²) in [6.07, 6.45) is 0. The molecule has 2 aromatic rings. The Balaban J connectivity index is 0.00000208. The molecular formula is C16H19BrIN3O2S. The second kappa shape index (κ2) is 9.47. The van der Waals surface area contributed by atoms with Crippen molar-refractivity contribution in [2.75, 3.05) is 13.3 Å². The predicted octanol–water partition coefficient (Wildman–Crippen LogP) is 4.11. The number of ether oxygens (including phenoxy) is 2. The molecule has 5 nitrogen and oxygen atoms in total. The van der Waals surface area contributed by atoms with Crippen LogP contribution in [0.3, 0.4) is 0 Å². The first-order chi connectivity index (χ1) is 11.3. The van der Waals surface area contributed by atoms with E-state index >= 15 is 0 Å². The van der Waals surface area contributed by atoms with Gasteiger partial charge in [-0.1, -0.05) is 6.07 Å². The molecule has 1 aliphatic heterocycles. The van der Waals surface area contributed by atoms with E-state index in [1.165, 1.54) is 4.88 Å². The molecule has 0 amide bonds. The summed E-state index contributed by atoms with van der Waals surface area (Å²) in [6, 6.07) is 8.14. The largest absolute Gasteiger partial charge is 0.454 e. The molecular weight excluding hydrogens is 505 g/mol. The lowest BCUT2D eigenvalue weighted by Crippen LogP contribution is -2.36. The number of nitrogens with one attached hydrogen (secondary N) is 2. The average molecular weight is 524 g/mol. The smallest absolute Gasteiger partial charge is 0.231 e. The van der Waals surface area contributed by atoms with Crippen LogP contribution < -0.4 is 20.1 Å². The van der Waals surface area contributed by atoms with Crippen LogP contribution in [0.25, 0.3) is 0 Å². The lowest BCUT2D eigenvalue weighted by molar-refractivity contribution is 0.173. The standard InChI is InChI=1S/C16H18BrN3O2S.HI/c1-2-18-16(20-9-12-4-3-5-23-12)19-8-11-6-13(17)15-14(7-11)21-10-22-15;/h3-7H,2,8-10H2,1H3,(H2,18,19,20);1H. The van der Waals surface area contributed by atoms with Crippen molar-refractivity contribution in [3.05, 3.63) is 44.6 Å². The summed E-state index contributed by atoms with van der Waals surface area (Å²) < 4.78 is 11.7. The third-order valence-electron chi connectivity index (χ3n) is 3.26. The Morgan fingerprint density at radius 2 is 2.21 bits per heavy atom. The van der Waals surface area contributed by atoms with Crippen molar-refractivity contribution >= 4 is 57.2 Å². The van der Waals surface area contributed by atoms with Gasteiger partial charge in [0, 0.05) is 11.4 Å². The van der Waals surface area contributed by atoms with Crippen LogP contribution in [0.2, 0.25) is 0 Å². The number of nitrogens with zero attached hydrogens (tertiary/aromatic N) is 1. The minimum Gasteiger partial charge on any atom is -0.454 e. The average Bonchev–Trinajstić information content (AvgIpc) is 3.21. The summed E-state index contributed by atoms with van der Waals surface area (Å²) >= 11 is 5.24. The molecule has 130 valence electrons. The Morgan fingerprint density at radius 3 is 2.96 bits per heavy atom. The zero-order chi connectivity index (χ0) is 16.1. The number of rotatable bonds is 5. The van der Waals surface area contributed by atoms with Gasteiger partial charge in [-0.15, -0.1) is 35.3 Å². The minimum atomic E-state index is 0. The third kappa shape index (κ3) is 5.00. The molecule has 0 radical (unpaired) electrons. The Hall–Kier alpha value is -1.000. The number of hydrogen-bond acceptors (Lipinski definition) is 4. The summed E-state index contributed by atoms with van der Waals surface area (Å²) in [5.74, 6) is 2.33. The van der Waals surface area contributed by atoms with E-state index in [1.54, 1.807) is 11.3 Å². The highest BCUT2D eigenvalue weighted by Crippen LogP contribution is 2.40. The highest BCUT2D eigenvalue weighted by atomic mass is 127. The van der Waals surface area contributed by atoms with Crippen LogP contribution in [0.1, 0.15) is 17.4 Å². The molecule has 0 fully saturated rings. The maximum atomic E-state index is 5.44. The number of aliphatic imine (C=N–C) groups is 1. The SMILES string of the molecule is CCNC(=NCc1cc(Br)c2c(c1)OCO2)NCc1cccs1.I. The fourth-order valence-electron chi connectivity index (χ4n) is 2.21. The number of halogens is 2. The normalized spacial score (nSPS) is 12.7. The van der Waals surface area contributed by atoms with E-state index in [4.69, 9.17) is 9.47 Å².